The molecular formula is C12H17Cl. The largest absolute Gasteiger partial charge is 0.0984 e. The third kappa shape index (κ3) is 3.65. The maximum absolute atomic E-state index is 6.07. The highest BCUT2D eigenvalue weighted by Crippen LogP contribution is 2.22. The van der Waals surface area contributed by atoms with Crippen LogP contribution in [0.4, 0.5) is 0 Å². The Balaban J connectivity index is 5.24. The highest BCUT2D eigenvalue weighted by molar-refractivity contribution is 6.32. The summed E-state index contributed by atoms with van der Waals surface area (Å²) >= 11 is 6.07. The summed E-state index contributed by atoms with van der Waals surface area (Å²) in [6.45, 7) is 11.9. The van der Waals surface area contributed by atoms with Crippen molar-refractivity contribution in [3.05, 3.63) is 46.6 Å². The van der Waals surface area contributed by atoms with E-state index in [4.69, 9.17) is 11.6 Å². The maximum atomic E-state index is 6.07. The molecule has 0 spiro atoms. The van der Waals surface area contributed by atoms with Gasteiger partial charge in [0.05, 0.1) is 0 Å². The number of rotatable bonds is 3. The standard InChI is InChI=1S/C12H17Cl/c1-6-8-12(13)11(7-2)10(5)9(3)4/h6-8H,2H2,1,3-5H3/b8-6-,12-11-. The van der Waals surface area contributed by atoms with Crippen molar-refractivity contribution in [1.29, 1.82) is 0 Å². The molecule has 0 heterocycles. The van der Waals surface area contributed by atoms with E-state index in [0.29, 0.717) is 0 Å². The van der Waals surface area contributed by atoms with Crippen LogP contribution in [0.15, 0.2) is 46.6 Å². The summed E-state index contributed by atoms with van der Waals surface area (Å²) < 4.78 is 0. The summed E-state index contributed by atoms with van der Waals surface area (Å²) in [6.07, 6.45) is 5.60. The number of allylic oxidation sites excluding steroid dienone is 7. The van der Waals surface area contributed by atoms with E-state index in [1.165, 1.54) is 11.1 Å². The van der Waals surface area contributed by atoms with Gasteiger partial charge in [-0.25, -0.2) is 0 Å². The first-order valence-electron chi connectivity index (χ1n) is 4.34. The van der Waals surface area contributed by atoms with Gasteiger partial charge in [0.25, 0.3) is 0 Å². The van der Waals surface area contributed by atoms with Crippen LogP contribution in [0.25, 0.3) is 0 Å². The fraction of sp³-hybridized carbons (Fsp3) is 0.333. The molecule has 0 aliphatic carbocycles. The Morgan fingerprint density at radius 3 is 2.08 bits per heavy atom. The first kappa shape index (κ1) is 12.2. The van der Waals surface area contributed by atoms with E-state index >= 15 is 0 Å². The first-order valence-corrected chi connectivity index (χ1v) is 4.71. The van der Waals surface area contributed by atoms with E-state index in [0.717, 1.165) is 10.6 Å². The van der Waals surface area contributed by atoms with Crippen molar-refractivity contribution in [2.45, 2.75) is 27.7 Å². The van der Waals surface area contributed by atoms with Crippen molar-refractivity contribution in [2.24, 2.45) is 0 Å². The SMILES string of the molecule is C=C/C(C(C)=C(C)C)=C(Cl)\C=C/C. The lowest BCUT2D eigenvalue weighted by Gasteiger charge is -2.06. The number of hydrogen-bond acceptors (Lipinski definition) is 0. The lowest BCUT2D eigenvalue weighted by Crippen LogP contribution is -1.86. The van der Waals surface area contributed by atoms with Gasteiger partial charge >= 0.3 is 0 Å². The molecule has 0 aromatic heterocycles. The second-order valence-electron chi connectivity index (χ2n) is 3.09. The van der Waals surface area contributed by atoms with Gasteiger partial charge in [-0.05, 0) is 44.9 Å². The summed E-state index contributed by atoms with van der Waals surface area (Å²) in [7, 11) is 0. The molecule has 13 heavy (non-hydrogen) atoms. The smallest absolute Gasteiger partial charge is 0.0477 e. The van der Waals surface area contributed by atoms with Gasteiger partial charge < -0.3 is 0 Å². The Bertz CT molecular complexity index is 273. The second-order valence-corrected chi connectivity index (χ2v) is 3.50. The van der Waals surface area contributed by atoms with Crippen LogP contribution in [0.3, 0.4) is 0 Å². The number of hydrogen-bond donors (Lipinski definition) is 0. The van der Waals surface area contributed by atoms with E-state index in [9.17, 15) is 0 Å². The highest BCUT2D eigenvalue weighted by atomic mass is 35.5. The van der Waals surface area contributed by atoms with Crippen LogP contribution in [0.2, 0.25) is 0 Å². The molecule has 0 N–H and O–H groups in total. The third-order valence-corrected chi connectivity index (χ3v) is 2.26. The maximum Gasteiger partial charge on any atom is 0.0477 e. The highest BCUT2D eigenvalue weighted by Gasteiger charge is 2.01. The molecule has 0 unspecified atom stereocenters. The van der Waals surface area contributed by atoms with Gasteiger partial charge in [0, 0.05) is 5.03 Å². The van der Waals surface area contributed by atoms with Gasteiger partial charge in [0.1, 0.15) is 0 Å². The zero-order chi connectivity index (χ0) is 10.4. The molecule has 0 radical (unpaired) electrons. The average molecular weight is 197 g/mol. The van der Waals surface area contributed by atoms with Gasteiger partial charge in [0.15, 0.2) is 0 Å². The summed E-state index contributed by atoms with van der Waals surface area (Å²) in [5.41, 5.74) is 3.47. The van der Waals surface area contributed by atoms with E-state index in [-0.39, 0.29) is 0 Å². The van der Waals surface area contributed by atoms with E-state index < -0.39 is 0 Å². The topological polar surface area (TPSA) is 0 Å². The van der Waals surface area contributed by atoms with Crippen molar-refractivity contribution in [1.82, 2.24) is 0 Å². The van der Waals surface area contributed by atoms with E-state index in [1.807, 2.05) is 19.1 Å². The van der Waals surface area contributed by atoms with Gasteiger partial charge in [-0.3, -0.25) is 0 Å². The summed E-state index contributed by atoms with van der Waals surface area (Å²) in [5, 5.41) is 0.746. The number of halogens is 1. The Morgan fingerprint density at radius 1 is 1.23 bits per heavy atom. The zero-order valence-electron chi connectivity index (χ0n) is 8.82. The van der Waals surface area contributed by atoms with Crippen LogP contribution >= 0.6 is 11.6 Å². The van der Waals surface area contributed by atoms with Crippen molar-refractivity contribution >= 4 is 11.6 Å². The van der Waals surface area contributed by atoms with Crippen LogP contribution in [-0.4, -0.2) is 0 Å². The van der Waals surface area contributed by atoms with Gasteiger partial charge in [-0.2, -0.15) is 0 Å². The fourth-order valence-electron chi connectivity index (χ4n) is 0.935. The lowest BCUT2D eigenvalue weighted by atomic mass is 10.0. The molecule has 0 fully saturated rings. The van der Waals surface area contributed by atoms with Gasteiger partial charge in [-0.15, -0.1) is 0 Å². The molecule has 0 saturated carbocycles. The van der Waals surface area contributed by atoms with Crippen LogP contribution in [-0.2, 0) is 0 Å². The van der Waals surface area contributed by atoms with Gasteiger partial charge in [0.2, 0.25) is 0 Å². The minimum atomic E-state index is 0.746. The van der Waals surface area contributed by atoms with E-state index in [1.54, 1.807) is 6.08 Å². The van der Waals surface area contributed by atoms with Crippen LogP contribution in [0.1, 0.15) is 27.7 Å². The molecule has 1 heteroatoms. The molecule has 72 valence electrons. The molecule has 0 aliphatic heterocycles. The van der Waals surface area contributed by atoms with E-state index in [2.05, 4.69) is 27.4 Å². The summed E-state index contributed by atoms with van der Waals surface area (Å²) in [5.74, 6) is 0. The second kappa shape index (κ2) is 5.82. The van der Waals surface area contributed by atoms with Crippen LogP contribution < -0.4 is 0 Å². The molecule has 0 aromatic carbocycles. The average Bonchev–Trinajstić information content (AvgIpc) is 2.05. The van der Waals surface area contributed by atoms with Crippen LogP contribution in [0.5, 0.6) is 0 Å². The predicted molar refractivity (Wildman–Crippen MR) is 61.9 cm³/mol. The van der Waals surface area contributed by atoms with Crippen molar-refractivity contribution in [3.8, 4) is 0 Å². The molecule has 0 saturated heterocycles. The Morgan fingerprint density at radius 2 is 1.77 bits per heavy atom. The summed E-state index contributed by atoms with van der Waals surface area (Å²) in [4.78, 5) is 0. The minimum absolute atomic E-state index is 0.746. The molecule has 0 atom stereocenters. The molecule has 0 aliphatic rings. The quantitative estimate of drug-likeness (QED) is 0.579. The normalized spacial score (nSPS) is 12.7. The molecule has 0 rings (SSSR count). The Hall–Kier alpha value is -0.750. The van der Waals surface area contributed by atoms with Crippen molar-refractivity contribution < 1.29 is 0 Å². The Kier molecular flexibility index (Phi) is 5.48. The third-order valence-electron chi connectivity index (χ3n) is 1.93. The van der Waals surface area contributed by atoms with Gasteiger partial charge in [-0.1, -0.05) is 35.9 Å². The lowest BCUT2D eigenvalue weighted by molar-refractivity contribution is 1.26. The molecule has 0 nitrogen and oxygen atoms in total. The minimum Gasteiger partial charge on any atom is -0.0984 e. The van der Waals surface area contributed by atoms with Crippen molar-refractivity contribution in [2.75, 3.05) is 0 Å². The molecule has 0 aromatic rings. The Labute approximate surface area is 86.3 Å². The molecule has 0 amide bonds. The van der Waals surface area contributed by atoms with Crippen molar-refractivity contribution in [3.63, 3.8) is 0 Å². The first-order chi connectivity index (χ1) is 6.04. The fourth-order valence-corrected chi connectivity index (χ4v) is 1.28. The zero-order valence-corrected chi connectivity index (χ0v) is 9.57. The van der Waals surface area contributed by atoms with Crippen LogP contribution in [0, 0.1) is 0 Å². The monoisotopic (exact) mass is 196 g/mol. The molecule has 0 bridgehead atoms. The molecular weight excluding hydrogens is 180 g/mol. The predicted octanol–water partition coefficient (Wildman–Crippen LogP) is 4.60. The summed E-state index contributed by atoms with van der Waals surface area (Å²) in [6, 6.07) is 0.